The SMILES string of the molecule is O=[N+]([O-])c1ccc2c(c1)nc1n2CCNC1. The van der Waals surface area contributed by atoms with E-state index in [1.165, 1.54) is 12.1 Å². The first-order chi connectivity index (χ1) is 7.75. The number of fused-ring (bicyclic) bond motifs is 3. The molecule has 0 unspecified atom stereocenters. The number of nitro groups is 1. The van der Waals surface area contributed by atoms with E-state index in [9.17, 15) is 10.1 Å². The number of nitrogens with one attached hydrogen (secondary N) is 1. The molecule has 82 valence electrons. The largest absolute Gasteiger partial charge is 0.326 e. The van der Waals surface area contributed by atoms with Crippen LogP contribution in [0.1, 0.15) is 5.82 Å². The summed E-state index contributed by atoms with van der Waals surface area (Å²) in [5.41, 5.74) is 1.77. The van der Waals surface area contributed by atoms with Crippen molar-refractivity contribution in [3.8, 4) is 0 Å². The van der Waals surface area contributed by atoms with E-state index in [2.05, 4.69) is 14.9 Å². The van der Waals surface area contributed by atoms with Gasteiger partial charge in [-0.05, 0) is 6.07 Å². The number of benzene rings is 1. The standard InChI is InChI=1S/C10H10N4O2/c15-14(16)7-1-2-9-8(5-7)12-10-6-11-3-4-13(9)10/h1-2,5,11H,3-4,6H2. The fourth-order valence-corrected chi connectivity index (χ4v) is 2.06. The molecule has 0 saturated heterocycles. The average Bonchev–Trinajstić information content (AvgIpc) is 2.66. The van der Waals surface area contributed by atoms with Crippen molar-refractivity contribution in [1.82, 2.24) is 14.9 Å². The molecule has 1 N–H and O–H groups in total. The van der Waals surface area contributed by atoms with Gasteiger partial charge in [-0.1, -0.05) is 0 Å². The minimum Gasteiger partial charge on any atom is -0.326 e. The number of non-ortho nitro benzene ring substituents is 1. The van der Waals surface area contributed by atoms with Gasteiger partial charge in [0.1, 0.15) is 5.82 Å². The second kappa shape index (κ2) is 3.28. The molecule has 1 aromatic heterocycles. The summed E-state index contributed by atoms with van der Waals surface area (Å²) in [6.45, 7) is 2.50. The van der Waals surface area contributed by atoms with Gasteiger partial charge in [0.15, 0.2) is 0 Å². The van der Waals surface area contributed by atoms with E-state index in [0.29, 0.717) is 5.52 Å². The molecule has 2 heterocycles. The quantitative estimate of drug-likeness (QED) is 0.573. The smallest absolute Gasteiger partial charge is 0.271 e. The van der Waals surface area contributed by atoms with Crippen LogP contribution in [-0.2, 0) is 13.1 Å². The summed E-state index contributed by atoms with van der Waals surface area (Å²) in [5.74, 6) is 0.946. The molecule has 1 aliphatic rings. The third-order valence-corrected chi connectivity index (χ3v) is 2.82. The summed E-state index contributed by atoms with van der Waals surface area (Å²) in [6, 6.07) is 4.83. The maximum Gasteiger partial charge on any atom is 0.271 e. The van der Waals surface area contributed by atoms with Gasteiger partial charge in [-0.25, -0.2) is 4.98 Å². The monoisotopic (exact) mass is 218 g/mol. The maximum atomic E-state index is 10.6. The zero-order chi connectivity index (χ0) is 11.1. The van der Waals surface area contributed by atoms with Crippen LogP contribution in [0.4, 0.5) is 5.69 Å². The lowest BCUT2D eigenvalue weighted by atomic mass is 10.3. The molecule has 1 aliphatic heterocycles. The Labute approximate surface area is 91.0 Å². The number of hydrogen-bond acceptors (Lipinski definition) is 4. The Morgan fingerprint density at radius 3 is 3.19 bits per heavy atom. The van der Waals surface area contributed by atoms with Gasteiger partial charge in [0.25, 0.3) is 5.69 Å². The van der Waals surface area contributed by atoms with Gasteiger partial charge in [-0.2, -0.15) is 0 Å². The molecule has 1 aromatic carbocycles. The van der Waals surface area contributed by atoms with Gasteiger partial charge in [-0.3, -0.25) is 10.1 Å². The fourth-order valence-electron chi connectivity index (χ4n) is 2.06. The maximum absolute atomic E-state index is 10.6. The molecular formula is C10H10N4O2. The van der Waals surface area contributed by atoms with E-state index in [0.717, 1.165) is 31.0 Å². The van der Waals surface area contributed by atoms with Crippen molar-refractivity contribution in [2.24, 2.45) is 0 Å². The molecule has 3 rings (SSSR count). The van der Waals surface area contributed by atoms with E-state index in [4.69, 9.17) is 0 Å². The third kappa shape index (κ3) is 1.27. The predicted octanol–water partition coefficient (Wildman–Crippen LogP) is 1.05. The molecule has 6 heteroatoms. The van der Waals surface area contributed by atoms with Crippen molar-refractivity contribution >= 4 is 16.7 Å². The Hall–Kier alpha value is -1.95. The van der Waals surface area contributed by atoms with Gasteiger partial charge in [0.05, 0.1) is 22.5 Å². The summed E-state index contributed by atoms with van der Waals surface area (Å²) in [6.07, 6.45) is 0. The summed E-state index contributed by atoms with van der Waals surface area (Å²) in [7, 11) is 0. The van der Waals surface area contributed by atoms with Crippen molar-refractivity contribution in [3.63, 3.8) is 0 Å². The highest BCUT2D eigenvalue weighted by molar-refractivity contribution is 5.78. The van der Waals surface area contributed by atoms with Crippen LogP contribution in [0.15, 0.2) is 18.2 Å². The summed E-state index contributed by atoms with van der Waals surface area (Å²) >= 11 is 0. The second-order valence-electron chi connectivity index (χ2n) is 3.79. The van der Waals surface area contributed by atoms with Crippen LogP contribution in [0.2, 0.25) is 0 Å². The molecule has 0 bridgehead atoms. The molecule has 0 saturated carbocycles. The van der Waals surface area contributed by atoms with Crippen molar-refractivity contribution in [3.05, 3.63) is 34.1 Å². The van der Waals surface area contributed by atoms with E-state index in [-0.39, 0.29) is 5.69 Å². The Balaban J connectivity index is 2.22. The highest BCUT2D eigenvalue weighted by Crippen LogP contribution is 2.22. The highest BCUT2D eigenvalue weighted by atomic mass is 16.6. The molecule has 0 aliphatic carbocycles. The Bertz CT molecular complexity index is 575. The van der Waals surface area contributed by atoms with Crippen molar-refractivity contribution < 1.29 is 4.92 Å². The lowest BCUT2D eigenvalue weighted by Crippen LogP contribution is -2.28. The van der Waals surface area contributed by atoms with Gasteiger partial charge in [0, 0.05) is 25.2 Å². The number of hydrogen-bond donors (Lipinski definition) is 1. The van der Waals surface area contributed by atoms with E-state index in [1.54, 1.807) is 6.07 Å². The predicted molar refractivity (Wildman–Crippen MR) is 58.1 cm³/mol. The van der Waals surface area contributed by atoms with Crippen LogP contribution in [0.3, 0.4) is 0 Å². The van der Waals surface area contributed by atoms with E-state index in [1.807, 2.05) is 0 Å². The average molecular weight is 218 g/mol. The number of nitro benzene ring substituents is 1. The number of aromatic nitrogens is 2. The molecular weight excluding hydrogens is 208 g/mol. The van der Waals surface area contributed by atoms with Crippen molar-refractivity contribution in [2.75, 3.05) is 6.54 Å². The number of imidazole rings is 1. The van der Waals surface area contributed by atoms with Gasteiger partial charge >= 0.3 is 0 Å². The molecule has 0 amide bonds. The molecule has 0 spiro atoms. The van der Waals surface area contributed by atoms with Crippen molar-refractivity contribution in [1.29, 1.82) is 0 Å². The van der Waals surface area contributed by atoms with Crippen LogP contribution in [0.5, 0.6) is 0 Å². The van der Waals surface area contributed by atoms with Crippen LogP contribution >= 0.6 is 0 Å². The van der Waals surface area contributed by atoms with E-state index < -0.39 is 4.92 Å². The highest BCUT2D eigenvalue weighted by Gasteiger charge is 2.16. The minimum absolute atomic E-state index is 0.0934. The second-order valence-corrected chi connectivity index (χ2v) is 3.79. The molecule has 0 fully saturated rings. The van der Waals surface area contributed by atoms with Gasteiger partial charge in [0.2, 0.25) is 0 Å². The summed E-state index contributed by atoms with van der Waals surface area (Å²) in [4.78, 5) is 14.6. The lowest BCUT2D eigenvalue weighted by Gasteiger charge is -2.15. The first-order valence-corrected chi connectivity index (χ1v) is 5.10. The minimum atomic E-state index is -0.393. The van der Waals surface area contributed by atoms with E-state index >= 15 is 0 Å². The van der Waals surface area contributed by atoms with Crippen LogP contribution < -0.4 is 5.32 Å². The molecule has 16 heavy (non-hydrogen) atoms. The molecule has 0 atom stereocenters. The first kappa shape index (κ1) is 9.29. The first-order valence-electron chi connectivity index (χ1n) is 5.10. The molecule has 2 aromatic rings. The Morgan fingerprint density at radius 1 is 1.50 bits per heavy atom. The topological polar surface area (TPSA) is 73.0 Å². The fraction of sp³-hybridized carbons (Fsp3) is 0.300. The lowest BCUT2D eigenvalue weighted by molar-refractivity contribution is -0.384. The molecule has 6 nitrogen and oxygen atoms in total. The van der Waals surface area contributed by atoms with Crippen LogP contribution in [0, 0.1) is 10.1 Å². The van der Waals surface area contributed by atoms with Crippen LogP contribution in [-0.4, -0.2) is 21.0 Å². The van der Waals surface area contributed by atoms with Gasteiger partial charge < -0.3 is 9.88 Å². The Morgan fingerprint density at radius 2 is 2.38 bits per heavy atom. The third-order valence-electron chi connectivity index (χ3n) is 2.82. The van der Waals surface area contributed by atoms with Crippen LogP contribution in [0.25, 0.3) is 11.0 Å². The zero-order valence-corrected chi connectivity index (χ0v) is 8.51. The van der Waals surface area contributed by atoms with Crippen molar-refractivity contribution in [2.45, 2.75) is 13.1 Å². The summed E-state index contributed by atoms with van der Waals surface area (Å²) in [5, 5.41) is 13.9. The number of nitrogens with zero attached hydrogens (tertiary/aromatic N) is 3. The number of rotatable bonds is 1. The van der Waals surface area contributed by atoms with Gasteiger partial charge in [-0.15, -0.1) is 0 Å². The normalized spacial score (nSPS) is 15.0. The molecule has 0 radical (unpaired) electrons. The summed E-state index contributed by atoms with van der Waals surface area (Å²) < 4.78 is 2.11. The zero-order valence-electron chi connectivity index (χ0n) is 8.51. The Kier molecular flexibility index (Phi) is 1.90.